The Morgan fingerprint density at radius 3 is 1.97 bits per heavy atom. The number of hydrogen-bond donors (Lipinski definition) is 1. The van der Waals surface area contributed by atoms with Crippen LogP contribution >= 0.6 is 0 Å². The summed E-state index contributed by atoms with van der Waals surface area (Å²) in [6.45, 7) is 1.09. The second-order valence-electron chi connectivity index (χ2n) is 6.50. The van der Waals surface area contributed by atoms with E-state index < -0.39 is 10.0 Å². The molecule has 0 aromatic heterocycles. The van der Waals surface area contributed by atoms with E-state index in [1.54, 1.807) is 24.3 Å². The summed E-state index contributed by atoms with van der Waals surface area (Å²) >= 11 is 0. The minimum absolute atomic E-state index is 0.213. The van der Waals surface area contributed by atoms with E-state index in [0.29, 0.717) is 41.6 Å². The molecular formula is C20H24N2O6S. The third kappa shape index (κ3) is 4.30. The van der Waals surface area contributed by atoms with Crippen LogP contribution in [-0.2, 0) is 10.0 Å². The molecule has 0 unspecified atom stereocenters. The number of carbonyl (C=O) groups is 1. The third-order valence-electron chi connectivity index (χ3n) is 4.74. The van der Waals surface area contributed by atoms with Gasteiger partial charge in [-0.3, -0.25) is 4.79 Å². The van der Waals surface area contributed by atoms with Crippen molar-refractivity contribution in [3.05, 3.63) is 42.0 Å². The van der Waals surface area contributed by atoms with Crippen LogP contribution in [0.1, 0.15) is 23.2 Å². The fraction of sp³-hybridized carbons (Fsp3) is 0.350. The molecule has 1 fully saturated rings. The minimum atomic E-state index is -3.49. The van der Waals surface area contributed by atoms with E-state index in [4.69, 9.17) is 14.2 Å². The fourth-order valence-electron chi connectivity index (χ4n) is 3.20. The van der Waals surface area contributed by atoms with Gasteiger partial charge >= 0.3 is 0 Å². The number of hydrogen-bond acceptors (Lipinski definition) is 6. The number of methoxy groups -OCH3 is 3. The van der Waals surface area contributed by atoms with Gasteiger partial charge < -0.3 is 19.5 Å². The number of sulfonamides is 1. The second-order valence-corrected chi connectivity index (χ2v) is 8.44. The Balaban J connectivity index is 1.79. The lowest BCUT2D eigenvalue weighted by Crippen LogP contribution is -2.27. The van der Waals surface area contributed by atoms with E-state index in [-0.39, 0.29) is 10.8 Å². The van der Waals surface area contributed by atoms with Gasteiger partial charge in [0.15, 0.2) is 11.5 Å². The van der Waals surface area contributed by atoms with Gasteiger partial charge in [-0.05, 0) is 49.2 Å². The maximum absolute atomic E-state index is 12.7. The van der Waals surface area contributed by atoms with Gasteiger partial charge in [0.2, 0.25) is 15.8 Å². The molecular weight excluding hydrogens is 396 g/mol. The van der Waals surface area contributed by atoms with Crippen molar-refractivity contribution in [1.82, 2.24) is 4.31 Å². The molecule has 1 heterocycles. The van der Waals surface area contributed by atoms with E-state index >= 15 is 0 Å². The lowest BCUT2D eigenvalue weighted by molar-refractivity contribution is 0.102. The molecule has 2 aromatic carbocycles. The Bertz CT molecular complexity index is 958. The summed E-state index contributed by atoms with van der Waals surface area (Å²) in [5.74, 6) is 0.732. The summed E-state index contributed by atoms with van der Waals surface area (Å²) in [7, 11) is 0.937. The van der Waals surface area contributed by atoms with Gasteiger partial charge in [0.25, 0.3) is 5.91 Å². The molecule has 1 saturated heterocycles. The Morgan fingerprint density at radius 1 is 0.931 bits per heavy atom. The van der Waals surface area contributed by atoms with Crippen LogP contribution in [0.3, 0.4) is 0 Å². The van der Waals surface area contributed by atoms with E-state index in [0.717, 1.165) is 12.8 Å². The first-order valence-corrected chi connectivity index (χ1v) is 10.6. The smallest absolute Gasteiger partial charge is 0.255 e. The highest BCUT2D eigenvalue weighted by Crippen LogP contribution is 2.38. The number of nitrogens with one attached hydrogen (secondary N) is 1. The van der Waals surface area contributed by atoms with Gasteiger partial charge in [-0.15, -0.1) is 0 Å². The first-order chi connectivity index (χ1) is 13.9. The zero-order valence-corrected chi connectivity index (χ0v) is 17.4. The summed E-state index contributed by atoms with van der Waals surface area (Å²) in [6.07, 6.45) is 1.75. The standard InChI is InChI=1S/C20H24N2O6S/c1-26-17-12-14(13-18(27-2)19(17)28-3)20(23)21-15-6-8-16(9-7-15)29(24,25)22-10-4-5-11-22/h6-9,12-13H,4-5,10-11H2,1-3H3,(H,21,23). The molecule has 8 nitrogen and oxygen atoms in total. The summed E-state index contributed by atoms with van der Waals surface area (Å²) in [4.78, 5) is 12.9. The molecule has 1 aliphatic rings. The number of amides is 1. The predicted octanol–water partition coefficient (Wildman–Crippen LogP) is 2.75. The summed E-state index contributed by atoms with van der Waals surface area (Å²) in [5.41, 5.74) is 0.789. The number of rotatable bonds is 7. The number of anilines is 1. The van der Waals surface area contributed by atoms with Gasteiger partial charge in [0.05, 0.1) is 26.2 Å². The molecule has 156 valence electrons. The number of nitrogens with zero attached hydrogens (tertiary/aromatic N) is 1. The molecule has 1 N–H and O–H groups in total. The Morgan fingerprint density at radius 2 is 1.48 bits per heavy atom. The molecule has 1 amide bonds. The van der Waals surface area contributed by atoms with E-state index in [1.807, 2.05) is 0 Å². The Kier molecular flexibility index (Phi) is 6.29. The summed E-state index contributed by atoms with van der Waals surface area (Å²) in [6, 6.07) is 9.22. The normalized spacial score (nSPS) is 14.4. The van der Waals surface area contributed by atoms with Crippen LogP contribution in [0.4, 0.5) is 5.69 Å². The Hall–Kier alpha value is -2.78. The van der Waals surface area contributed by atoms with Gasteiger partial charge in [0.1, 0.15) is 0 Å². The van der Waals surface area contributed by atoms with Crippen LogP contribution in [0.2, 0.25) is 0 Å². The van der Waals surface area contributed by atoms with Crippen LogP contribution in [-0.4, -0.2) is 53.0 Å². The van der Waals surface area contributed by atoms with E-state index in [2.05, 4.69) is 5.32 Å². The topological polar surface area (TPSA) is 94.2 Å². The van der Waals surface area contributed by atoms with Crippen molar-refractivity contribution in [3.63, 3.8) is 0 Å². The lowest BCUT2D eigenvalue weighted by atomic mass is 10.1. The van der Waals surface area contributed by atoms with Crippen LogP contribution in [0.15, 0.2) is 41.3 Å². The highest BCUT2D eigenvalue weighted by atomic mass is 32.2. The largest absolute Gasteiger partial charge is 0.493 e. The first kappa shape index (κ1) is 20.9. The van der Waals surface area contributed by atoms with Crippen molar-refractivity contribution >= 4 is 21.6 Å². The first-order valence-electron chi connectivity index (χ1n) is 9.12. The Labute approximate surface area is 170 Å². The van der Waals surface area contributed by atoms with Crippen molar-refractivity contribution < 1.29 is 27.4 Å². The second kappa shape index (κ2) is 8.71. The molecule has 0 saturated carbocycles. The molecule has 0 atom stereocenters. The highest BCUT2D eigenvalue weighted by Gasteiger charge is 2.27. The van der Waals surface area contributed by atoms with Crippen LogP contribution in [0.5, 0.6) is 17.2 Å². The summed E-state index contributed by atoms with van der Waals surface area (Å²) < 4.78 is 42.4. The quantitative estimate of drug-likeness (QED) is 0.740. The van der Waals surface area contributed by atoms with E-state index in [1.165, 1.54) is 37.8 Å². The monoisotopic (exact) mass is 420 g/mol. The zero-order chi connectivity index (χ0) is 21.0. The molecule has 3 rings (SSSR count). The van der Waals surface area contributed by atoms with Gasteiger partial charge in [-0.2, -0.15) is 4.31 Å². The van der Waals surface area contributed by atoms with Crippen molar-refractivity contribution in [1.29, 1.82) is 0 Å². The van der Waals surface area contributed by atoms with Crippen molar-refractivity contribution in [3.8, 4) is 17.2 Å². The van der Waals surface area contributed by atoms with Gasteiger partial charge in [-0.1, -0.05) is 0 Å². The SMILES string of the molecule is COc1cc(C(=O)Nc2ccc(S(=O)(=O)N3CCCC3)cc2)cc(OC)c1OC. The molecule has 0 radical (unpaired) electrons. The van der Waals surface area contributed by atoms with Gasteiger partial charge in [-0.25, -0.2) is 8.42 Å². The maximum atomic E-state index is 12.7. The summed E-state index contributed by atoms with van der Waals surface area (Å²) in [5, 5.41) is 2.75. The lowest BCUT2D eigenvalue weighted by Gasteiger charge is -2.16. The molecule has 9 heteroatoms. The molecule has 29 heavy (non-hydrogen) atoms. The van der Waals surface area contributed by atoms with Crippen LogP contribution < -0.4 is 19.5 Å². The van der Waals surface area contributed by atoms with E-state index in [9.17, 15) is 13.2 Å². The fourth-order valence-corrected chi connectivity index (χ4v) is 4.72. The number of ether oxygens (including phenoxy) is 3. The van der Waals surface area contributed by atoms with Crippen molar-refractivity contribution in [2.75, 3.05) is 39.7 Å². The highest BCUT2D eigenvalue weighted by molar-refractivity contribution is 7.89. The van der Waals surface area contributed by atoms with Crippen LogP contribution in [0, 0.1) is 0 Å². The molecule has 0 bridgehead atoms. The van der Waals surface area contributed by atoms with Gasteiger partial charge in [0, 0.05) is 24.3 Å². The molecule has 2 aromatic rings. The number of benzene rings is 2. The van der Waals surface area contributed by atoms with Crippen LogP contribution in [0.25, 0.3) is 0 Å². The maximum Gasteiger partial charge on any atom is 0.255 e. The average Bonchev–Trinajstić information content (AvgIpc) is 3.28. The third-order valence-corrected chi connectivity index (χ3v) is 6.65. The predicted molar refractivity (Wildman–Crippen MR) is 108 cm³/mol. The average molecular weight is 420 g/mol. The molecule has 0 aliphatic carbocycles. The zero-order valence-electron chi connectivity index (χ0n) is 16.6. The minimum Gasteiger partial charge on any atom is -0.493 e. The number of carbonyl (C=O) groups excluding carboxylic acids is 1. The molecule has 1 aliphatic heterocycles. The molecule has 0 spiro atoms. The van der Waals surface area contributed by atoms with Crippen molar-refractivity contribution in [2.24, 2.45) is 0 Å². The van der Waals surface area contributed by atoms with Crippen molar-refractivity contribution in [2.45, 2.75) is 17.7 Å².